The van der Waals surface area contributed by atoms with Crippen LogP contribution in [0.3, 0.4) is 0 Å². The van der Waals surface area contributed by atoms with Gasteiger partial charge in [0.1, 0.15) is 12.1 Å². The van der Waals surface area contributed by atoms with Gasteiger partial charge in [-0.15, -0.1) is 0 Å². The van der Waals surface area contributed by atoms with Crippen LogP contribution in [-0.2, 0) is 38.7 Å². The van der Waals surface area contributed by atoms with Gasteiger partial charge in [0.05, 0.1) is 12.8 Å². The van der Waals surface area contributed by atoms with E-state index in [4.69, 9.17) is 21.7 Å². The van der Waals surface area contributed by atoms with E-state index < -0.39 is 35.8 Å². The first-order chi connectivity index (χ1) is 8.07. The molecule has 19 heavy (non-hydrogen) atoms. The summed E-state index contributed by atoms with van der Waals surface area (Å²) in [6.45, 7) is 0. The van der Waals surface area contributed by atoms with E-state index in [0.717, 1.165) is 0 Å². The molecule has 2 atom stereocenters. The second-order valence-electron chi connectivity index (χ2n) is 3.23. The van der Waals surface area contributed by atoms with E-state index in [0.29, 0.717) is 0 Å². The van der Waals surface area contributed by atoms with Crippen LogP contribution in [-0.4, -0.2) is 46.0 Å². The second kappa shape index (κ2) is 11.5. The topological polar surface area (TPSA) is 213 Å². The molecule has 10 nitrogen and oxygen atoms in total. The number of carbonyl (C=O) groups excluding carboxylic acids is 2. The first-order valence-corrected chi connectivity index (χ1v) is 4.61. The van der Waals surface area contributed by atoms with E-state index >= 15 is 0 Å². The van der Waals surface area contributed by atoms with E-state index in [2.05, 4.69) is 11.5 Å². The summed E-state index contributed by atoms with van der Waals surface area (Å²) in [6, 6.07) is -2.33. The van der Waals surface area contributed by atoms with Crippen molar-refractivity contribution in [2.24, 2.45) is 22.9 Å². The minimum Gasteiger partial charge on any atom is -0.480 e. The van der Waals surface area contributed by atoms with Gasteiger partial charge in [-0.2, -0.15) is 0 Å². The fourth-order valence-corrected chi connectivity index (χ4v) is 0.608. The molecule has 0 rings (SSSR count). The van der Waals surface area contributed by atoms with E-state index in [9.17, 15) is 19.2 Å². The predicted molar refractivity (Wildman–Crippen MR) is 58.8 cm³/mol. The summed E-state index contributed by atoms with van der Waals surface area (Å²) in [7, 11) is 0. The van der Waals surface area contributed by atoms with Gasteiger partial charge in [-0.3, -0.25) is 19.2 Å². The number of carboxylic acids is 2. The number of amides is 2. The van der Waals surface area contributed by atoms with Crippen molar-refractivity contribution in [1.29, 1.82) is 0 Å². The van der Waals surface area contributed by atoms with Crippen molar-refractivity contribution in [2.75, 3.05) is 0 Å². The van der Waals surface area contributed by atoms with E-state index in [1.54, 1.807) is 0 Å². The Bertz CT molecular complexity index is 305. The van der Waals surface area contributed by atoms with Gasteiger partial charge >= 0.3 is 11.9 Å². The van der Waals surface area contributed by atoms with E-state index in [1.807, 2.05) is 0 Å². The molecule has 10 N–H and O–H groups in total. The number of carboxylic acid groups (broad SMARTS) is 2. The van der Waals surface area contributed by atoms with E-state index in [1.165, 1.54) is 0 Å². The average Bonchev–Trinajstić information content (AvgIpc) is 2.16. The third-order valence-corrected chi connectivity index (χ3v) is 1.48. The molecule has 0 aromatic rings. The van der Waals surface area contributed by atoms with Crippen LogP contribution < -0.4 is 22.9 Å². The standard InChI is InChI=1S/2C4H8N2O3.Zn/c2*5-2(4(8)9)1-3(6)7;/h2*2H,1,5H2,(H2,6,7)(H,8,9);/t2*2-;/m00./s1. The Hall–Kier alpha value is -1.58. The normalized spacial score (nSPS) is 11.9. The van der Waals surface area contributed by atoms with Crippen molar-refractivity contribution < 1.29 is 48.9 Å². The van der Waals surface area contributed by atoms with Crippen LogP contribution in [0.1, 0.15) is 12.8 Å². The van der Waals surface area contributed by atoms with Gasteiger partial charge in [-0.1, -0.05) is 0 Å². The molecule has 0 aliphatic carbocycles. The summed E-state index contributed by atoms with van der Waals surface area (Å²) in [4.78, 5) is 39.8. The van der Waals surface area contributed by atoms with Crippen molar-refractivity contribution in [3.8, 4) is 0 Å². The number of hydrogen-bond acceptors (Lipinski definition) is 6. The maximum absolute atomic E-state index is 9.99. The molecule has 0 saturated heterocycles. The van der Waals surface area contributed by atoms with Crippen LogP contribution in [0.2, 0.25) is 0 Å². The number of nitrogens with two attached hydrogens (primary N) is 4. The molecule has 0 aliphatic heterocycles. The summed E-state index contributed by atoms with van der Waals surface area (Å²) >= 11 is 0. The molecule has 2 amide bonds. The van der Waals surface area contributed by atoms with Crippen LogP contribution in [0, 0.1) is 0 Å². The molecule has 0 aromatic heterocycles. The zero-order chi connectivity index (χ0) is 14.9. The summed E-state index contributed by atoms with van der Waals surface area (Å²) in [5.74, 6) is -3.84. The zero-order valence-corrected chi connectivity index (χ0v) is 13.1. The Labute approximate surface area is 121 Å². The van der Waals surface area contributed by atoms with Gasteiger partial charge in [0, 0.05) is 19.5 Å². The molecule has 11 heteroatoms. The maximum Gasteiger partial charge on any atom is 0.321 e. The van der Waals surface area contributed by atoms with Crippen molar-refractivity contribution in [1.82, 2.24) is 0 Å². The zero-order valence-electron chi connectivity index (χ0n) is 10.1. The summed E-state index contributed by atoms with van der Waals surface area (Å²) in [6.07, 6.45) is -0.620. The third-order valence-electron chi connectivity index (χ3n) is 1.48. The van der Waals surface area contributed by atoms with Gasteiger partial charge in [-0.25, -0.2) is 0 Å². The van der Waals surface area contributed by atoms with Gasteiger partial charge in [0.15, 0.2) is 0 Å². The van der Waals surface area contributed by atoms with Crippen LogP contribution in [0.25, 0.3) is 0 Å². The van der Waals surface area contributed by atoms with Gasteiger partial charge in [0.25, 0.3) is 0 Å². The van der Waals surface area contributed by atoms with Crippen molar-refractivity contribution in [3.05, 3.63) is 0 Å². The largest absolute Gasteiger partial charge is 0.480 e. The van der Waals surface area contributed by atoms with Crippen LogP contribution in [0.4, 0.5) is 0 Å². The Morgan fingerprint density at radius 3 is 1.05 bits per heavy atom. The molecule has 106 valence electrons. The summed E-state index contributed by atoms with van der Waals surface area (Å²) in [5, 5.41) is 16.2. The monoisotopic (exact) mass is 328 g/mol. The van der Waals surface area contributed by atoms with Gasteiger partial charge in [-0.05, 0) is 0 Å². The molecule has 0 saturated carbocycles. The van der Waals surface area contributed by atoms with Crippen molar-refractivity contribution in [3.63, 3.8) is 0 Å². The number of carbonyl (C=O) groups is 4. The second-order valence-corrected chi connectivity index (χ2v) is 3.23. The molecule has 0 spiro atoms. The minimum absolute atomic E-state index is 0. The molecule has 0 fully saturated rings. The quantitative estimate of drug-likeness (QED) is 0.269. The Morgan fingerprint density at radius 2 is 1.00 bits per heavy atom. The molecule has 0 aromatic carbocycles. The fraction of sp³-hybridized carbons (Fsp3) is 0.500. The number of hydrogen-bond donors (Lipinski definition) is 6. The van der Waals surface area contributed by atoms with Crippen molar-refractivity contribution >= 4 is 23.8 Å². The summed E-state index contributed by atoms with van der Waals surface area (Å²) in [5.41, 5.74) is 19.1. The molecule has 0 bridgehead atoms. The summed E-state index contributed by atoms with van der Waals surface area (Å²) < 4.78 is 0. The molecule has 0 heterocycles. The van der Waals surface area contributed by atoms with Gasteiger partial charge in [0.2, 0.25) is 11.8 Å². The van der Waals surface area contributed by atoms with Crippen LogP contribution in [0.5, 0.6) is 0 Å². The molecular weight excluding hydrogens is 313 g/mol. The number of primary amides is 2. The molecule has 0 unspecified atom stereocenters. The van der Waals surface area contributed by atoms with Crippen molar-refractivity contribution in [2.45, 2.75) is 24.9 Å². The average molecular weight is 330 g/mol. The Balaban J connectivity index is -0.000000256. The number of aliphatic carboxylic acids is 2. The first kappa shape index (κ1) is 22.6. The number of rotatable bonds is 6. The first-order valence-electron chi connectivity index (χ1n) is 4.61. The molecule has 0 radical (unpaired) electrons. The van der Waals surface area contributed by atoms with E-state index in [-0.39, 0.29) is 32.3 Å². The SMILES string of the molecule is NC(=O)C[C@H](N)C(=O)O.NC(=O)C[C@H](N)C(=O)O.[Zn]. The van der Waals surface area contributed by atoms with Crippen LogP contribution >= 0.6 is 0 Å². The van der Waals surface area contributed by atoms with Gasteiger partial charge < -0.3 is 33.1 Å². The Morgan fingerprint density at radius 1 is 0.789 bits per heavy atom. The predicted octanol–water partition coefficient (Wildman–Crippen LogP) is -3.46. The fourth-order valence-electron chi connectivity index (χ4n) is 0.608. The van der Waals surface area contributed by atoms with Crippen LogP contribution in [0.15, 0.2) is 0 Å². The molecular formula is C8H16N4O6Zn. The smallest absolute Gasteiger partial charge is 0.321 e. The molecule has 0 aliphatic rings. The minimum atomic E-state index is -1.21. The third kappa shape index (κ3) is 16.4. The Kier molecular flexibility index (Phi) is 13.7. The maximum atomic E-state index is 9.99.